The van der Waals surface area contributed by atoms with Crippen molar-refractivity contribution in [1.29, 1.82) is 0 Å². The van der Waals surface area contributed by atoms with Gasteiger partial charge in [0.15, 0.2) is 11.5 Å². The molecule has 7 heteroatoms. The molecule has 1 aliphatic heterocycles. The first kappa shape index (κ1) is 17.8. The highest BCUT2D eigenvalue weighted by Gasteiger charge is 2.27. The Bertz CT molecular complexity index is 1030. The number of rotatable bonds is 4. The van der Waals surface area contributed by atoms with Crippen molar-refractivity contribution in [3.63, 3.8) is 0 Å². The van der Waals surface area contributed by atoms with E-state index in [-0.39, 0.29) is 12.5 Å². The van der Waals surface area contributed by atoms with Crippen molar-refractivity contribution < 1.29 is 14.3 Å². The topological polar surface area (TPSA) is 77.7 Å². The van der Waals surface area contributed by atoms with Gasteiger partial charge in [-0.05, 0) is 38.1 Å². The molecule has 28 heavy (non-hydrogen) atoms. The fraction of sp³-hybridized carbons (Fsp3) is 0.190. The zero-order valence-corrected chi connectivity index (χ0v) is 15.6. The molecule has 3 aromatic rings. The summed E-state index contributed by atoms with van der Waals surface area (Å²) in [4.78, 5) is 12.3. The number of nitrogens with zero attached hydrogens (tertiary/aromatic N) is 3. The standard InChI is InChI=1S/C21H20N4O3/c1-14-17(15(2)25(24-14)16-8-4-3-5-9-16)12-22-23-21(26)20-13-27-18-10-6-7-11-19(18)28-20/h3-12,20H,13H2,1-2H3,(H,23,26). The summed E-state index contributed by atoms with van der Waals surface area (Å²) in [6, 6.07) is 17.1. The molecule has 2 aromatic carbocycles. The lowest BCUT2D eigenvalue weighted by Crippen LogP contribution is -2.42. The molecule has 0 spiro atoms. The van der Waals surface area contributed by atoms with Crippen molar-refractivity contribution in [3.05, 3.63) is 71.5 Å². The van der Waals surface area contributed by atoms with Gasteiger partial charge in [0.25, 0.3) is 5.91 Å². The van der Waals surface area contributed by atoms with Gasteiger partial charge >= 0.3 is 0 Å². The highest BCUT2D eigenvalue weighted by molar-refractivity contribution is 5.86. The maximum absolute atomic E-state index is 12.3. The van der Waals surface area contributed by atoms with Crippen molar-refractivity contribution in [2.45, 2.75) is 20.0 Å². The van der Waals surface area contributed by atoms with Crippen LogP contribution in [0.15, 0.2) is 59.7 Å². The Morgan fingerprint density at radius 2 is 1.86 bits per heavy atom. The molecular weight excluding hydrogens is 356 g/mol. The van der Waals surface area contributed by atoms with E-state index < -0.39 is 6.10 Å². The molecule has 1 aliphatic rings. The van der Waals surface area contributed by atoms with E-state index in [1.807, 2.05) is 61.0 Å². The van der Waals surface area contributed by atoms with Gasteiger partial charge in [0, 0.05) is 5.56 Å². The van der Waals surface area contributed by atoms with E-state index in [1.54, 1.807) is 18.3 Å². The van der Waals surface area contributed by atoms with Crippen molar-refractivity contribution in [2.24, 2.45) is 5.10 Å². The van der Waals surface area contributed by atoms with Gasteiger partial charge < -0.3 is 9.47 Å². The van der Waals surface area contributed by atoms with Crippen LogP contribution in [0.25, 0.3) is 5.69 Å². The van der Waals surface area contributed by atoms with E-state index in [0.29, 0.717) is 11.5 Å². The zero-order valence-electron chi connectivity index (χ0n) is 15.6. The Hall–Kier alpha value is -3.61. The molecule has 1 N–H and O–H groups in total. The molecule has 1 unspecified atom stereocenters. The van der Waals surface area contributed by atoms with Gasteiger partial charge in [0.2, 0.25) is 6.10 Å². The number of nitrogens with one attached hydrogen (secondary N) is 1. The molecule has 4 rings (SSSR count). The summed E-state index contributed by atoms with van der Waals surface area (Å²) < 4.78 is 13.1. The molecule has 7 nitrogen and oxygen atoms in total. The molecule has 0 radical (unpaired) electrons. The largest absolute Gasteiger partial charge is 0.485 e. The summed E-state index contributed by atoms with van der Waals surface area (Å²) >= 11 is 0. The van der Waals surface area contributed by atoms with Gasteiger partial charge in [-0.1, -0.05) is 30.3 Å². The van der Waals surface area contributed by atoms with Crippen molar-refractivity contribution >= 4 is 12.1 Å². The monoisotopic (exact) mass is 376 g/mol. The summed E-state index contributed by atoms with van der Waals surface area (Å²) in [6.45, 7) is 4.01. The number of para-hydroxylation sites is 3. The number of hydrazone groups is 1. The molecule has 0 fully saturated rings. The number of hydrogen-bond donors (Lipinski definition) is 1. The highest BCUT2D eigenvalue weighted by atomic mass is 16.6. The fourth-order valence-corrected chi connectivity index (χ4v) is 3.04. The third kappa shape index (κ3) is 3.46. The average Bonchev–Trinajstić information content (AvgIpc) is 3.02. The van der Waals surface area contributed by atoms with Crippen LogP contribution in [0.3, 0.4) is 0 Å². The molecular formula is C21H20N4O3. The van der Waals surface area contributed by atoms with Gasteiger partial charge in [-0.3, -0.25) is 4.79 Å². The number of amides is 1. The average molecular weight is 376 g/mol. The predicted molar refractivity (Wildman–Crippen MR) is 105 cm³/mol. The molecule has 0 saturated carbocycles. The number of carbonyl (C=O) groups is 1. The van der Waals surface area contributed by atoms with Gasteiger partial charge in [0.05, 0.1) is 23.3 Å². The molecule has 2 heterocycles. The van der Waals surface area contributed by atoms with E-state index in [0.717, 1.165) is 22.6 Å². The van der Waals surface area contributed by atoms with Gasteiger partial charge in [0.1, 0.15) is 6.61 Å². The second kappa shape index (κ2) is 7.56. The van der Waals surface area contributed by atoms with Crippen LogP contribution < -0.4 is 14.9 Å². The summed E-state index contributed by atoms with van der Waals surface area (Å²) in [7, 11) is 0. The van der Waals surface area contributed by atoms with Crippen LogP contribution in [-0.2, 0) is 4.79 Å². The Balaban J connectivity index is 1.44. The molecule has 1 atom stereocenters. The summed E-state index contributed by atoms with van der Waals surface area (Å²) in [6.07, 6.45) is 0.855. The van der Waals surface area contributed by atoms with E-state index in [9.17, 15) is 4.79 Å². The zero-order chi connectivity index (χ0) is 19.5. The Morgan fingerprint density at radius 1 is 1.14 bits per heavy atom. The number of benzene rings is 2. The minimum Gasteiger partial charge on any atom is -0.485 e. The van der Waals surface area contributed by atoms with Crippen molar-refractivity contribution in [2.75, 3.05) is 6.61 Å². The second-order valence-corrected chi connectivity index (χ2v) is 6.43. The molecule has 0 saturated heterocycles. The van der Waals surface area contributed by atoms with Crippen LogP contribution in [0.5, 0.6) is 11.5 Å². The van der Waals surface area contributed by atoms with Crippen LogP contribution >= 0.6 is 0 Å². The number of ether oxygens (including phenoxy) is 2. The van der Waals surface area contributed by atoms with E-state index in [2.05, 4.69) is 15.6 Å². The van der Waals surface area contributed by atoms with Gasteiger partial charge in [-0.2, -0.15) is 10.2 Å². The first-order chi connectivity index (χ1) is 13.6. The maximum atomic E-state index is 12.3. The van der Waals surface area contributed by atoms with E-state index in [1.165, 1.54) is 0 Å². The van der Waals surface area contributed by atoms with E-state index >= 15 is 0 Å². The minimum absolute atomic E-state index is 0.141. The summed E-state index contributed by atoms with van der Waals surface area (Å²) in [5.41, 5.74) is 6.11. The lowest BCUT2D eigenvalue weighted by Gasteiger charge is -2.24. The van der Waals surface area contributed by atoms with Gasteiger partial charge in [-0.25, -0.2) is 10.1 Å². The third-order valence-electron chi connectivity index (χ3n) is 4.52. The summed E-state index contributed by atoms with van der Waals surface area (Å²) in [5, 5.41) is 8.65. The number of carbonyl (C=O) groups excluding carboxylic acids is 1. The van der Waals surface area contributed by atoms with Crippen molar-refractivity contribution in [1.82, 2.24) is 15.2 Å². The number of aryl methyl sites for hydroxylation is 1. The molecule has 142 valence electrons. The van der Waals surface area contributed by atoms with Crippen LogP contribution in [-0.4, -0.2) is 34.6 Å². The highest BCUT2D eigenvalue weighted by Crippen LogP contribution is 2.30. The SMILES string of the molecule is Cc1nn(-c2ccccc2)c(C)c1C=NNC(=O)C1COc2ccccc2O1. The smallest absolute Gasteiger partial charge is 0.284 e. The minimum atomic E-state index is -0.749. The second-order valence-electron chi connectivity index (χ2n) is 6.43. The van der Waals surface area contributed by atoms with Crippen LogP contribution in [0.2, 0.25) is 0 Å². The third-order valence-corrected chi connectivity index (χ3v) is 4.52. The predicted octanol–water partition coefficient (Wildman–Crippen LogP) is 2.78. The molecule has 0 bridgehead atoms. The lowest BCUT2D eigenvalue weighted by atomic mass is 10.2. The molecule has 1 aromatic heterocycles. The summed E-state index contributed by atoms with van der Waals surface area (Å²) in [5.74, 6) is 0.819. The molecule has 1 amide bonds. The Morgan fingerprint density at radius 3 is 2.64 bits per heavy atom. The van der Waals surface area contributed by atoms with Crippen LogP contribution in [0.1, 0.15) is 17.0 Å². The number of fused-ring (bicyclic) bond motifs is 1. The first-order valence-electron chi connectivity index (χ1n) is 8.96. The molecule has 0 aliphatic carbocycles. The first-order valence-corrected chi connectivity index (χ1v) is 8.96. The maximum Gasteiger partial charge on any atom is 0.284 e. The van der Waals surface area contributed by atoms with Crippen LogP contribution in [0.4, 0.5) is 0 Å². The number of hydrogen-bond acceptors (Lipinski definition) is 5. The van der Waals surface area contributed by atoms with E-state index in [4.69, 9.17) is 9.47 Å². The Kier molecular flexibility index (Phi) is 4.80. The van der Waals surface area contributed by atoms with Gasteiger partial charge in [-0.15, -0.1) is 0 Å². The number of aromatic nitrogens is 2. The fourth-order valence-electron chi connectivity index (χ4n) is 3.04. The van der Waals surface area contributed by atoms with Crippen molar-refractivity contribution in [3.8, 4) is 17.2 Å². The Labute approximate surface area is 162 Å². The quantitative estimate of drug-likeness (QED) is 0.561. The lowest BCUT2D eigenvalue weighted by molar-refractivity contribution is -0.130. The van der Waals surface area contributed by atoms with Crippen LogP contribution in [0, 0.1) is 13.8 Å². The normalized spacial score (nSPS) is 15.6.